The Morgan fingerprint density at radius 3 is 1.95 bits per heavy atom. The van der Waals surface area contributed by atoms with E-state index in [4.69, 9.17) is 0 Å². The zero-order valence-electron chi connectivity index (χ0n) is 13.4. The van der Waals surface area contributed by atoms with E-state index < -0.39 is 0 Å². The van der Waals surface area contributed by atoms with Crippen LogP contribution in [0.25, 0.3) is 0 Å². The molecule has 0 aromatic rings. The van der Waals surface area contributed by atoms with E-state index in [2.05, 4.69) is 42.4 Å². The molecule has 1 aliphatic heterocycles. The zero-order chi connectivity index (χ0) is 14.0. The van der Waals surface area contributed by atoms with Crippen LogP contribution in [0.1, 0.15) is 91.4 Å². The van der Waals surface area contributed by atoms with Gasteiger partial charge in [0.1, 0.15) is 0 Å². The van der Waals surface area contributed by atoms with E-state index in [0.29, 0.717) is 5.41 Å². The van der Waals surface area contributed by atoms with Gasteiger partial charge in [-0.05, 0) is 24.7 Å². The first-order valence-corrected chi connectivity index (χ1v) is 10.7. The Kier molecular flexibility index (Phi) is 9.74. The third-order valence-electron chi connectivity index (χ3n) is 3.93. The van der Waals surface area contributed by atoms with Crippen LogP contribution in [0, 0.1) is 5.41 Å². The number of hydrogen-bond donors (Lipinski definition) is 0. The molecule has 1 aliphatic rings. The minimum absolute atomic E-state index is 0.538. The van der Waals surface area contributed by atoms with Crippen LogP contribution in [-0.2, 0) is 0 Å². The van der Waals surface area contributed by atoms with Crippen molar-refractivity contribution in [2.45, 2.75) is 96.7 Å². The maximum absolute atomic E-state index is 2.36. The third kappa shape index (κ3) is 11.1. The van der Waals surface area contributed by atoms with Crippen molar-refractivity contribution in [3.8, 4) is 0 Å². The second-order valence-electron chi connectivity index (χ2n) is 7.26. The normalized spacial score (nSPS) is 20.1. The van der Waals surface area contributed by atoms with Gasteiger partial charge >= 0.3 is 0 Å². The Bertz CT molecular complexity index is 202. The molecule has 114 valence electrons. The van der Waals surface area contributed by atoms with Gasteiger partial charge in [0, 0.05) is 11.0 Å². The Balaban J connectivity index is 1.74. The van der Waals surface area contributed by atoms with Gasteiger partial charge in [0.25, 0.3) is 0 Å². The van der Waals surface area contributed by atoms with E-state index in [0.717, 1.165) is 5.25 Å². The number of unbranched alkanes of at least 4 members (excludes halogenated alkanes) is 7. The summed E-state index contributed by atoms with van der Waals surface area (Å²) in [7, 11) is 4.22. The van der Waals surface area contributed by atoms with Gasteiger partial charge < -0.3 is 0 Å². The Morgan fingerprint density at radius 2 is 1.42 bits per heavy atom. The molecule has 0 saturated carbocycles. The standard InChI is InChI=1S/C17H34S2/c1-17(2,3)14-11-9-7-5-4-6-8-10-12-16-13-15-18-19-16/h16H,4-15H2,1-3H3. The van der Waals surface area contributed by atoms with E-state index in [-0.39, 0.29) is 0 Å². The summed E-state index contributed by atoms with van der Waals surface area (Å²) in [5, 5.41) is 0.988. The van der Waals surface area contributed by atoms with Gasteiger partial charge in [-0.25, -0.2) is 0 Å². The molecule has 1 saturated heterocycles. The van der Waals surface area contributed by atoms with E-state index in [1.165, 1.54) is 76.4 Å². The van der Waals surface area contributed by atoms with Crippen LogP contribution in [-0.4, -0.2) is 11.0 Å². The van der Waals surface area contributed by atoms with Crippen LogP contribution in [0.4, 0.5) is 0 Å². The van der Waals surface area contributed by atoms with Crippen molar-refractivity contribution in [1.29, 1.82) is 0 Å². The predicted molar refractivity (Wildman–Crippen MR) is 94.1 cm³/mol. The molecule has 0 aliphatic carbocycles. The van der Waals surface area contributed by atoms with Crippen LogP contribution >= 0.6 is 21.6 Å². The Morgan fingerprint density at radius 1 is 0.842 bits per heavy atom. The molecule has 0 amide bonds. The van der Waals surface area contributed by atoms with E-state index in [1.807, 2.05) is 0 Å². The molecule has 2 heteroatoms. The SMILES string of the molecule is CC(C)(C)CCCCCCCCCCC1CCSS1. The highest BCUT2D eigenvalue weighted by atomic mass is 33.1. The van der Waals surface area contributed by atoms with Crippen LogP contribution in [0.15, 0.2) is 0 Å². The van der Waals surface area contributed by atoms with Crippen LogP contribution < -0.4 is 0 Å². The van der Waals surface area contributed by atoms with Crippen molar-refractivity contribution in [3.05, 3.63) is 0 Å². The van der Waals surface area contributed by atoms with Crippen molar-refractivity contribution in [1.82, 2.24) is 0 Å². The Hall–Kier alpha value is 0.700. The van der Waals surface area contributed by atoms with Gasteiger partial charge in [-0.3, -0.25) is 0 Å². The van der Waals surface area contributed by atoms with E-state index >= 15 is 0 Å². The molecule has 1 fully saturated rings. The van der Waals surface area contributed by atoms with Crippen LogP contribution in [0.3, 0.4) is 0 Å². The molecule has 1 rings (SSSR count). The van der Waals surface area contributed by atoms with Crippen LogP contribution in [0.2, 0.25) is 0 Å². The second-order valence-corrected chi connectivity index (χ2v) is 10.0. The zero-order valence-corrected chi connectivity index (χ0v) is 15.0. The monoisotopic (exact) mass is 302 g/mol. The van der Waals surface area contributed by atoms with Gasteiger partial charge in [-0.1, -0.05) is 93.7 Å². The highest BCUT2D eigenvalue weighted by Crippen LogP contribution is 2.39. The maximum atomic E-state index is 2.36. The first-order chi connectivity index (χ1) is 9.08. The van der Waals surface area contributed by atoms with Gasteiger partial charge in [0.2, 0.25) is 0 Å². The molecule has 0 aromatic carbocycles. The van der Waals surface area contributed by atoms with Gasteiger partial charge in [-0.2, -0.15) is 0 Å². The summed E-state index contributed by atoms with van der Waals surface area (Å²) in [6.45, 7) is 7.07. The van der Waals surface area contributed by atoms with E-state index in [9.17, 15) is 0 Å². The quantitative estimate of drug-likeness (QED) is 0.312. The first kappa shape index (κ1) is 17.8. The summed E-state index contributed by atoms with van der Waals surface area (Å²) in [4.78, 5) is 0. The smallest absolute Gasteiger partial charge is 0.0159 e. The summed E-state index contributed by atoms with van der Waals surface area (Å²) in [5.41, 5.74) is 0.538. The van der Waals surface area contributed by atoms with Crippen LogP contribution in [0.5, 0.6) is 0 Å². The fourth-order valence-corrected chi connectivity index (χ4v) is 5.68. The lowest BCUT2D eigenvalue weighted by atomic mass is 9.89. The molecule has 1 atom stereocenters. The average molecular weight is 303 g/mol. The van der Waals surface area contributed by atoms with Gasteiger partial charge in [0.15, 0.2) is 0 Å². The molecule has 0 spiro atoms. The summed E-state index contributed by atoms with van der Waals surface area (Å²) >= 11 is 0. The highest BCUT2D eigenvalue weighted by Gasteiger charge is 2.15. The second kappa shape index (κ2) is 10.4. The number of hydrogen-bond acceptors (Lipinski definition) is 2. The molecular weight excluding hydrogens is 268 g/mol. The third-order valence-corrected chi connectivity index (χ3v) is 6.94. The van der Waals surface area contributed by atoms with Crippen molar-refractivity contribution in [2.75, 3.05) is 5.75 Å². The molecule has 1 heterocycles. The maximum Gasteiger partial charge on any atom is 0.0159 e. The van der Waals surface area contributed by atoms with Crippen molar-refractivity contribution in [2.24, 2.45) is 5.41 Å². The average Bonchev–Trinajstić information content (AvgIpc) is 2.83. The molecule has 0 N–H and O–H groups in total. The lowest BCUT2D eigenvalue weighted by Crippen LogP contribution is -2.03. The Labute approximate surface area is 129 Å². The summed E-state index contributed by atoms with van der Waals surface area (Å²) in [5.74, 6) is 1.39. The minimum atomic E-state index is 0.538. The summed E-state index contributed by atoms with van der Waals surface area (Å²) in [6.07, 6.45) is 16.0. The fourth-order valence-electron chi connectivity index (χ4n) is 2.65. The van der Waals surface area contributed by atoms with E-state index in [1.54, 1.807) is 0 Å². The van der Waals surface area contributed by atoms with Gasteiger partial charge in [0.05, 0.1) is 0 Å². The summed E-state index contributed by atoms with van der Waals surface area (Å²) in [6, 6.07) is 0. The predicted octanol–water partition coefficient (Wildman–Crippen LogP) is 7.09. The lowest BCUT2D eigenvalue weighted by Gasteiger charge is -2.17. The van der Waals surface area contributed by atoms with Crippen molar-refractivity contribution >= 4 is 21.6 Å². The molecule has 0 radical (unpaired) electrons. The van der Waals surface area contributed by atoms with Crippen molar-refractivity contribution < 1.29 is 0 Å². The molecule has 0 aromatic heterocycles. The first-order valence-electron chi connectivity index (χ1n) is 8.36. The lowest BCUT2D eigenvalue weighted by molar-refractivity contribution is 0.356. The molecule has 0 bridgehead atoms. The summed E-state index contributed by atoms with van der Waals surface area (Å²) < 4.78 is 0. The number of rotatable bonds is 10. The fraction of sp³-hybridized carbons (Fsp3) is 1.00. The van der Waals surface area contributed by atoms with Gasteiger partial charge in [-0.15, -0.1) is 0 Å². The molecular formula is C17H34S2. The molecule has 19 heavy (non-hydrogen) atoms. The molecule has 0 nitrogen and oxygen atoms in total. The highest BCUT2D eigenvalue weighted by molar-refractivity contribution is 8.77. The van der Waals surface area contributed by atoms with Crippen molar-refractivity contribution in [3.63, 3.8) is 0 Å². The minimum Gasteiger partial charge on any atom is -0.0938 e. The topological polar surface area (TPSA) is 0 Å². The molecule has 1 unspecified atom stereocenters. The largest absolute Gasteiger partial charge is 0.0938 e.